The second-order valence-corrected chi connectivity index (χ2v) is 9.08. The molecule has 3 aromatic rings. The van der Waals surface area contributed by atoms with E-state index < -0.39 is 15.7 Å². The lowest BCUT2D eigenvalue weighted by atomic mass is 10.2. The summed E-state index contributed by atoms with van der Waals surface area (Å²) in [5.74, 6) is 0.767. The summed E-state index contributed by atoms with van der Waals surface area (Å²) in [5.41, 5.74) is 2.70. The highest BCUT2D eigenvalue weighted by atomic mass is 32.2. The van der Waals surface area contributed by atoms with Crippen molar-refractivity contribution in [2.24, 2.45) is 0 Å². The van der Waals surface area contributed by atoms with Gasteiger partial charge in [0.1, 0.15) is 17.3 Å². The minimum atomic E-state index is -3.26. The summed E-state index contributed by atoms with van der Waals surface area (Å²) >= 11 is 0. The van der Waals surface area contributed by atoms with Crippen LogP contribution in [0.25, 0.3) is 5.69 Å². The fourth-order valence-corrected chi connectivity index (χ4v) is 4.85. The second-order valence-electron chi connectivity index (χ2n) is 7.02. The predicted molar refractivity (Wildman–Crippen MR) is 112 cm³/mol. The molecule has 1 aliphatic rings. The lowest BCUT2D eigenvalue weighted by Crippen LogP contribution is -2.23. The van der Waals surface area contributed by atoms with Gasteiger partial charge in [-0.25, -0.2) is 13.1 Å². The highest BCUT2D eigenvalue weighted by Gasteiger charge is 2.33. The van der Waals surface area contributed by atoms with Crippen LogP contribution in [0, 0.1) is 6.92 Å². The normalized spacial score (nSPS) is 14.2. The van der Waals surface area contributed by atoms with Crippen LogP contribution in [0.1, 0.15) is 16.8 Å². The Hall–Kier alpha value is -3.33. The lowest BCUT2D eigenvalue weighted by molar-refractivity contribution is -0.118. The van der Waals surface area contributed by atoms with Crippen LogP contribution in [-0.2, 0) is 26.1 Å². The van der Waals surface area contributed by atoms with Crippen molar-refractivity contribution in [2.75, 3.05) is 19.0 Å². The average Bonchev–Trinajstić information content (AvgIpc) is 3.19. The maximum absolute atomic E-state index is 12.6. The first-order valence-corrected chi connectivity index (χ1v) is 11.1. The fourth-order valence-electron chi connectivity index (χ4n) is 3.35. The summed E-state index contributed by atoms with van der Waals surface area (Å²) in [6.45, 7) is 1.68. The highest BCUT2D eigenvalue weighted by Crippen LogP contribution is 2.33. The van der Waals surface area contributed by atoms with Crippen LogP contribution in [0.5, 0.6) is 11.5 Å². The van der Waals surface area contributed by atoms with E-state index in [4.69, 9.17) is 9.47 Å². The molecule has 0 atom stereocenters. The third kappa shape index (κ3) is 4.02. The molecule has 1 amide bonds. The number of amides is 1. The summed E-state index contributed by atoms with van der Waals surface area (Å²) < 4.78 is 36.4. The molecule has 156 valence electrons. The van der Waals surface area contributed by atoms with E-state index >= 15 is 0 Å². The average molecular weight is 427 g/mol. The van der Waals surface area contributed by atoms with Gasteiger partial charge < -0.3 is 14.8 Å². The smallest absolute Gasteiger partial charge is 0.263 e. The number of carbonyl (C=O) groups excluding carboxylic acids is 1. The molecule has 0 spiro atoms. The van der Waals surface area contributed by atoms with Gasteiger partial charge in [0.15, 0.2) is 16.4 Å². The first-order valence-electron chi connectivity index (χ1n) is 9.30. The minimum Gasteiger partial charge on any atom is -0.497 e. The Bertz CT molecular complexity index is 1220. The van der Waals surface area contributed by atoms with Crippen molar-refractivity contribution in [3.05, 3.63) is 65.4 Å². The molecule has 1 aliphatic heterocycles. The van der Waals surface area contributed by atoms with Gasteiger partial charge in [0.2, 0.25) is 0 Å². The van der Waals surface area contributed by atoms with Crippen molar-refractivity contribution in [2.45, 2.75) is 18.4 Å². The molecule has 4 rings (SSSR count). The quantitative estimate of drug-likeness (QED) is 0.649. The number of methoxy groups -OCH3 is 1. The third-order valence-electron chi connectivity index (χ3n) is 4.80. The predicted octanol–water partition coefficient (Wildman–Crippen LogP) is 2.64. The van der Waals surface area contributed by atoms with Crippen LogP contribution in [0.15, 0.2) is 48.5 Å². The number of aryl methyl sites for hydroxylation is 1. The van der Waals surface area contributed by atoms with E-state index in [2.05, 4.69) is 10.4 Å². The molecule has 0 bridgehead atoms. The summed E-state index contributed by atoms with van der Waals surface area (Å²) in [6.07, 6.45) is 0. The maximum atomic E-state index is 12.6. The Labute approximate surface area is 174 Å². The monoisotopic (exact) mass is 427 g/mol. The van der Waals surface area contributed by atoms with Crippen LogP contribution in [-0.4, -0.2) is 37.8 Å². The van der Waals surface area contributed by atoms with Crippen molar-refractivity contribution in [3.63, 3.8) is 0 Å². The molecule has 0 aliphatic carbocycles. The third-order valence-corrected chi connectivity index (χ3v) is 6.24. The molecule has 30 heavy (non-hydrogen) atoms. The van der Waals surface area contributed by atoms with E-state index in [1.165, 1.54) is 0 Å². The zero-order valence-electron chi connectivity index (χ0n) is 16.6. The highest BCUT2D eigenvalue weighted by molar-refractivity contribution is 7.90. The number of anilines is 1. The van der Waals surface area contributed by atoms with Crippen molar-refractivity contribution in [1.82, 2.24) is 9.78 Å². The molecule has 0 fully saturated rings. The zero-order chi connectivity index (χ0) is 21.3. The Kier molecular flexibility index (Phi) is 5.21. The number of ether oxygens (including phenoxy) is 2. The second kappa shape index (κ2) is 7.83. The van der Waals surface area contributed by atoms with E-state index in [0.717, 1.165) is 11.3 Å². The number of nitrogens with zero attached hydrogens (tertiary/aromatic N) is 2. The summed E-state index contributed by atoms with van der Waals surface area (Å²) in [5, 5.41) is 7.27. The van der Waals surface area contributed by atoms with Crippen molar-refractivity contribution >= 4 is 21.6 Å². The SMILES string of the molecule is COc1cccc(OCC(=O)Nc2c3c(nn2-c2ccccc2C)CS(=O)(=O)C3)c1. The number of aromatic nitrogens is 2. The Morgan fingerprint density at radius 2 is 1.90 bits per heavy atom. The molecule has 1 aromatic heterocycles. The van der Waals surface area contributed by atoms with E-state index in [1.54, 1.807) is 36.1 Å². The number of fused-ring (bicyclic) bond motifs is 1. The van der Waals surface area contributed by atoms with Gasteiger partial charge in [-0.15, -0.1) is 0 Å². The van der Waals surface area contributed by atoms with Crippen molar-refractivity contribution in [3.8, 4) is 17.2 Å². The first kappa shape index (κ1) is 20.0. The number of nitrogens with one attached hydrogen (secondary N) is 1. The number of hydrogen-bond acceptors (Lipinski definition) is 6. The minimum absolute atomic E-state index is 0.135. The Morgan fingerprint density at radius 3 is 2.67 bits per heavy atom. The van der Waals surface area contributed by atoms with E-state index in [9.17, 15) is 13.2 Å². The van der Waals surface area contributed by atoms with Gasteiger partial charge in [-0.2, -0.15) is 5.10 Å². The molecule has 1 N–H and O–H groups in total. The van der Waals surface area contributed by atoms with Gasteiger partial charge in [-0.05, 0) is 30.7 Å². The van der Waals surface area contributed by atoms with Crippen molar-refractivity contribution in [1.29, 1.82) is 0 Å². The van der Waals surface area contributed by atoms with Gasteiger partial charge in [-0.1, -0.05) is 24.3 Å². The standard InChI is InChI=1S/C21H21N3O5S/c1-14-6-3-4-9-19(14)24-21(17-12-30(26,27)13-18(17)23-24)22-20(25)11-29-16-8-5-7-15(10-16)28-2/h3-10H,11-13H2,1-2H3,(H,22,25). The number of carbonyl (C=O) groups is 1. The van der Waals surface area contributed by atoms with E-state index in [-0.39, 0.29) is 18.1 Å². The molecule has 9 heteroatoms. The molecule has 0 unspecified atom stereocenters. The van der Waals surface area contributed by atoms with Crippen LogP contribution >= 0.6 is 0 Å². The van der Waals surface area contributed by atoms with Crippen molar-refractivity contribution < 1.29 is 22.7 Å². The number of rotatable bonds is 6. The fraction of sp³-hybridized carbons (Fsp3) is 0.238. The molecule has 0 saturated heterocycles. The molecule has 2 heterocycles. The first-order chi connectivity index (χ1) is 14.4. The maximum Gasteiger partial charge on any atom is 0.263 e. The molecule has 0 radical (unpaired) electrons. The summed E-state index contributed by atoms with van der Waals surface area (Å²) in [4.78, 5) is 12.6. The largest absolute Gasteiger partial charge is 0.497 e. The van der Waals surface area contributed by atoms with Gasteiger partial charge in [-0.3, -0.25) is 4.79 Å². The lowest BCUT2D eigenvalue weighted by Gasteiger charge is -2.13. The summed E-state index contributed by atoms with van der Waals surface area (Å²) in [6, 6.07) is 14.5. The Morgan fingerprint density at radius 1 is 1.13 bits per heavy atom. The number of para-hydroxylation sites is 1. The van der Waals surface area contributed by atoms with Gasteiger partial charge >= 0.3 is 0 Å². The topological polar surface area (TPSA) is 99.5 Å². The van der Waals surface area contributed by atoms with Gasteiger partial charge in [0, 0.05) is 11.6 Å². The molecular formula is C21H21N3O5S. The summed E-state index contributed by atoms with van der Waals surface area (Å²) in [7, 11) is -1.72. The zero-order valence-corrected chi connectivity index (χ0v) is 17.4. The van der Waals surface area contributed by atoms with E-state index in [1.807, 2.05) is 31.2 Å². The van der Waals surface area contributed by atoms with Crippen LogP contribution < -0.4 is 14.8 Å². The van der Waals surface area contributed by atoms with Gasteiger partial charge in [0.25, 0.3) is 5.91 Å². The van der Waals surface area contributed by atoms with Crippen LogP contribution in [0.2, 0.25) is 0 Å². The van der Waals surface area contributed by atoms with Crippen LogP contribution in [0.4, 0.5) is 5.82 Å². The molecule has 8 nitrogen and oxygen atoms in total. The Balaban J connectivity index is 1.59. The van der Waals surface area contributed by atoms with E-state index in [0.29, 0.717) is 28.6 Å². The number of benzene rings is 2. The molecular weight excluding hydrogens is 406 g/mol. The molecule has 2 aromatic carbocycles. The molecule has 0 saturated carbocycles. The van der Waals surface area contributed by atoms with Gasteiger partial charge in [0.05, 0.1) is 30.0 Å². The number of hydrogen-bond donors (Lipinski definition) is 1. The van der Waals surface area contributed by atoms with Crippen LogP contribution in [0.3, 0.4) is 0 Å². The number of sulfone groups is 1.